The number of ketones is 1. The van der Waals surface area contributed by atoms with Gasteiger partial charge in [0.2, 0.25) is 0 Å². The highest BCUT2D eigenvalue weighted by Gasteiger charge is 2.32. The normalized spacial score (nSPS) is 23.8. The average molecular weight is 283 g/mol. The Hall–Kier alpha value is -1.13. The molecule has 4 heteroatoms. The molecule has 2 rings (SSSR count). The van der Waals surface area contributed by atoms with Crippen LogP contribution in [0.4, 0.5) is 0 Å². The van der Waals surface area contributed by atoms with E-state index in [1.54, 1.807) is 19.2 Å². The van der Waals surface area contributed by atoms with Crippen LogP contribution in [-0.2, 0) is 4.79 Å². The number of aliphatic hydroxyl groups excluding tert-OH is 1. The van der Waals surface area contributed by atoms with E-state index in [1.807, 2.05) is 6.07 Å². The highest BCUT2D eigenvalue weighted by Crippen LogP contribution is 2.35. The molecule has 0 amide bonds. The van der Waals surface area contributed by atoms with Gasteiger partial charge in [0.25, 0.3) is 0 Å². The van der Waals surface area contributed by atoms with Crippen LogP contribution in [0.5, 0.6) is 5.75 Å². The Kier molecular flexibility index (Phi) is 3.12. The Balaban J connectivity index is 2.46. The monoisotopic (exact) mass is 282 g/mol. The smallest absolute Gasteiger partial charge is 0.165 e. The van der Waals surface area contributed by atoms with E-state index in [0.29, 0.717) is 11.3 Å². The quantitative estimate of drug-likeness (QED) is 0.903. The second kappa shape index (κ2) is 4.39. The molecule has 1 aliphatic carbocycles. The SMILES string of the molecule is COc1ccc(Br)cc1C1C(=O)C=CC1O. The van der Waals surface area contributed by atoms with Crippen molar-refractivity contribution in [2.24, 2.45) is 0 Å². The summed E-state index contributed by atoms with van der Waals surface area (Å²) in [6, 6.07) is 5.41. The van der Waals surface area contributed by atoms with Crippen molar-refractivity contribution in [1.29, 1.82) is 0 Å². The Morgan fingerprint density at radius 1 is 1.44 bits per heavy atom. The van der Waals surface area contributed by atoms with Gasteiger partial charge in [0.15, 0.2) is 5.78 Å². The molecule has 3 nitrogen and oxygen atoms in total. The number of carbonyl (C=O) groups is 1. The third-order valence-corrected chi connectivity index (χ3v) is 3.13. The van der Waals surface area contributed by atoms with Gasteiger partial charge in [0.05, 0.1) is 19.1 Å². The first kappa shape index (κ1) is 11.4. The number of benzene rings is 1. The van der Waals surface area contributed by atoms with Crippen LogP contribution in [0.1, 0.15) is 11.5 Å². The number of hydrogen-bond acceptors (Lipinski definition) is 3. The molecule has 0 fully saturated rings. The van der Waals surface area contributed by atoms with Gasteiger partial charge < -0.3 is 9.84 Å². The van der Waals surface area contributed by atoms with E-state index in [1.165, 1.54) is 12.2 Å². The van der Waals surface area contributed by atoms with Crippen LogP contribution in [-0.4, -0.2) is 24.1 Å². The van der Waals surface area contributed by atoms with Crippen molar-refractivity contribution in [2.75, 3.05) is 7.11 Å². The molecule has 0 aliphatic heterocycles. The fraction of sp³-hybridized carbons (Fsp3) is 0.250. The fourth-order valence-corrected chi connectivity index (χ4v) is 2.24. The molecule has 1 aliphatic rings. The van der Waals surface area contributed by atoms with Gasteiger partial charge in [-0.15, -0.1) is 0 Å². The second-order valence-corrected chi connectivity index (χ2v) is 4.53. The molecule has 0 bridgehead atoms. The second-order valence-electron chi connectivity index (χ2n) is 3.62. The summed E-state index contributed by atoms with van der Waals surface area (Å²) in [5, 5.41) is 9.75. The van der Waals surface area contributed by atoms with E-state index in [2.05, 4.69) is 15.9 Å². The molecule has 1 aromatic carbocycles. The topological polar surface area (TPSA) is 46.5 Å². The Bertz CT molecular complexity index is 454. The minimum Gasteiger partial charge on any atom is -0.496 e. The summed E-state index contributed by atoms with van der Waals surface area (Å²) in [6.45, 7) is 0. The van der Waals surface area contributed by atoms with Crippen LogP contribution in [0.2, 0.25) is 0 Å². The molecule has 2 atom stereocenters. The molecule has 16 heavy (non-hydrogen) atoms. The van der Waals surface area contributed by atoms with Gasteiger partial charge in [-0.05, 0) is 24.3 Å². The molecule has 0 radical (unpaired) electrons. The van der Waals surface area contributed by atoms with E-state index in [4.69, 9.17) is 4.74 Å². The van der Waals surface area contributed by atoms with Crippen molar-refractivity contribution < 1.29 is 14.6 Å². The summed E-state index contributed by atoms with van der Waals surface area (Å²) in [5.74, 6) is -0.0272. The molecule has 2 unspecified atom stereocenters. The first-order valence-corrected chi connectivity index (χ1v) is 5.66. The predicted octanol–water partition coefficient (Wildman–Crippen LogP) is 2.04. The van der Waals surface area contributed by atoms with Gasteiger partial charge in [0, 0.05) is 10.0 Å². The third kappa shape index (κ3) is 1.90. The Morgan fingerprint density at radius 2 is 2.19 bits per heavy atom. The van der Waals surface area contributed by atoms with Crippen molar-refractivity contribution in [1.82, 2.24) is 0 Å². The molecule has 0 spiro atoms. The maximum absolute atomic E-state index is 11.6. The minimum atomic E-state index is -0.768. The fourth-order valence-electron chi connectivity index (χ4n) is 1.86. The zero-order valence-corrected chi connectivity index (χ0v) is 10.3. The van der Waals surface area contributed by atoms with Gasteiger partial charge in [-0.3, -0.25) is 4.79 Å². The number of rotatable bonds is 2. The number of methoxy groups -OCH3 is 1. The zero-order chi connectivity index (χ0) is 11.7. The van der Waals surface area contributed by atoms with E-state index in [-0.39, 0.29) is 5.78 Å². The third-order valence-electron chi connectivity index (χ3n) is 2.63. The lowest BCUT2D eigenvalue weighted by Crippen LogP contribution is -2.18. The highest BCUT2D eigenvalue weighted by atomic mass is 79.9. The molecule has 0 heterocycles. The maximum Gasteiger partial charge on any atom is 0.165 e. The Labute approximate surface area is 102 Å². The average Bonchev–Trinajstić information content (AvgIpc) is 2.58. The molecule has 0 saturated carbocycles. The summed E-state index contributed by atoms with van der Waals surface area (Å²) < 4.78 is 6.05. The van der Waals surface area contributed by atoms with Crippen molar-refractivity contribution in [3.05, 3.63) is 40.4 Å². The minimum absolute atomic E-state index is 0.0936. The van der Waals surface area contributed by atoms with Crippen LogP contribution < -0.4 is 4.74 Å². The van der Waals surface area contributed by atoms with Gasteiger partial charge in [-0.2, -0.15) is 0 Å². The number of carbonyl (C=O) groups excluding carboxylic acids is 1. The summed E-state index contributed by atoms with van der Waals surface area (Å²) in [5.41, 5.74) is 0.708. The first-order chi connectivity index (χ1) is 7.63. The summed E-state index contributed by atoms with van der Waals surface area (Å²) in [6.07, 6.45) is 2.15. The largest absolute Gasteiger partial charge is 0.496 e. The molecule has 84 valence electrons. The van der Waals surface area contributed by atoms with Gasteiger partial charge in [0.1, 0.15) is 5.75 Å². The summed E-state index contributed by atoms with van der Waals surface area (Å²) in [4.78, 5) is 11.6. The molecular weight excluding hydrogens is 272 g/mol. The first-order valence-electron chi connectivity index (χ1n) is 4.87. The Morgan fingerprint density at radius 3 is 2.75 bits per heavy atom. The van der Waals surface area contributed by atoms with Gasteiger partial charge in [-0.1, -0.05) is 22.0 Å². The molecular formula is C12H11BrO3. The lowest BCUT2D eigenvalue weighted by atomic mass is 9.93. The van der Waals surface area contributed by atoms with E-state index in [9.17, 15) is 9.90 Å². The maximum atomic E-state index is 11.6. The standard InChI is InChI=1S/C12H11BrO3/c1-16-11-5-2-7(13)6-8(11)12-9(14)3-4-10(12)15/h2-6,9,12,14H,1H3. The summed E-state index contributed by atoms with van der Waals surface area (Å²) >= 11 is 3.34. The van der Waals surface area contributed by atoms with Crippen LogP contribution in [0.25, 0.3) is 0 Å². The van der Waals surface area contributed by atoms with E-state index in [0.717, 1.165) is 4.47 Å². The van der Waals surface area contributed by atoms with Gasteiger partial charge >= 0.3 is 0 Å². The number of halogens is 1. The molecule has 0 aromatic heterocycles. The van der Waals surface area contributed by atoms with Crippen molar-refractivity contribution in [3.63, 3.8) is 0 Å². The number of aliphatic hydroxyl groups is 1. The number of hydrogen-bond donors (Lipinski definition) is 1. The van der Waals surface area contributed by atoms with Crippen LogP contribution >= 0.6 is 15.9 Å². The van der Waals surface area contributed by atoms with E-state index < -0.39 is 12.0 Å². The molecule has 1 N–H and O–H groups in total. The van der Waals surface area contributed by atoms with Gasteiger partial charge in [-0.25, -0.2) is 0 Å². The lowest BCUT2D eigenvalue weighted by molar-refractivity contribution is -0.116. The number of ether oxygens (including phenoxy) is 1. The van der Waals surface area contributed by atoms with Crippen molar-refractivity contribution >= 4 is 21.7 Å². The summed E-state index contributed by atoms with van der Waals surface area (Å²) in [7, 11) is 1.55. The van der Waals surface area contributed by atoms with Crippen molar-refractivity contribution in [2.45, 2.75) is 12.0 Å². The van der Waals surface area contributed by atoms with E-state index >= 15 is 0 Å². The van der Waals surface area contributed by atoms with Crippen LogP contribution in [0, 0.1) is 0 Å². The van der Waals surface area contributed by atoms with Crippen molar-refractivity contribution in [3.8, 4) is 5.75 Å². The molecule has 0 saturated heterocycles. The van der Waals surface area contributed by atoms with Crippen LogP contribution in [0.15, 0.2) is 34.8 Å². The zero-order valence-electron chi connectivity index (χ0n) is 8.68. The lowest BCUT2D eigenvalue weighted by Gasteiger charge is -2.17. The van der Waals surface area contributed by atoms with Crippen LogP contribution in [0.3, 0.4) is 0 Å². The molecule has 1 aromatic rings. The highest BCUT2D eigenvalue weighted by molar-refractivity contribution is 9.10. The number of allylic oxidation sites excluding steroid dienone is 1. The predicted molar refractivity (Wildman–Crippen MR) is 63.6 cm³/mol.